The first-order chi connectivity index (χ1) is 8.24. The lowest BCUT2D eigenvalue weighted by Gasteiger charge is -2.28. The van der Waals surface area contributed by atoms with Crippen molar-refractivity contribution < 1.29 is 14.3 Å². The lowest BCUT2D eigenvalue weighted by atomic mass is 9.74. The van der Waals surface area contributed by atoms with Crippen LogP contribution in [0.25, 0.3) is 0 Å². The Labute approximate surface area is 101 Å². The second kappa shape index (κ2) is 5.13. The van der Waals surface area contributed by atoms with Gasteiger partial charge in [-0.3, -0.25) is 9.59 Å². The van der Waals surface area contributed by atoms with E-state index in [9.17, 15) is 9.59 Å². The van der Waals surface area contributed by atoms with Crippen LogP contribution < -0.4 is 0 Å². The largest absolute Gasteiger partial charge is 0.469 e. The van der Waals surface area contributed by atoms with Crippen LogP contribution in [0.15, 0.2) is 30.3 Å². The zero-order valence-corrected chi connectivity index (χ0v) is 9.89. The molecule has 1 saturated carbocycles. The van der Waals surface area contributed by atoms with Crippen molar-refractivity contribution in [1.82, 2.24) is 0 Å². The third-order valence-electron chi connectivity index (χ3n) is 3.35. The molecule has 1 aliphatic rings. The fourth-order valence-electron chi connectivity index (χ4n) is 2.53. The molecule has 1 aromatic rings. The first-order valence-electron chi connectivity index (χ1n) is 5.89. The van der Waals surface area contributed by atoms with Crippen molar-refractivity contribution in [2.75, 3.05) is 7.11 Å². The number of rotatable bonds is 2. The van der Waals surface area contributed by atoms with Gasteiger partial charge < -0.3 is 4.74 Å². The molecule has 0 N–H and O–H groups in total. The Morgan fingerprint density at radius 3 is 2.65 bits per heavy atom. The average Bonchev–Trinajstić information content (AvgIpc) is 2.38. The summed E-state index contributed by atoms with van der Waals surface area (Å²) in [4.78, 5) is 23.7. The molecule has 1 aliphatic carbocycles. The summed E-state index contributed by atoms with van der Waals surface area (Å²) in [6.07, 6.45) is 2.08. The highest BCUT2D eigenvalue weighted by molar-refractivity contribution is 5.92. The van der Waals surface area contributed by atoms with E-state index in [2.05, 4.69) is 0 Å². The molecule has 0 aromatic heterocycles. The summed E-state index contributed by atoms with van der Waals surface area (Å²) in [5.74, 6) is -0.759. The molecule has 0 unspecified atom stereocenters. The number of Topliss-reactive ketones (excluding diaryl/α,β-unsaturated/α-hetero) is 1. The predicted molar refractivity (Wildman–Crippen MR) is 63.5 cm³/mol. The molecular weight excluding hydrogens is 216 g/mol. The molecule has 2 rings (SSSR count). The van der Waals surface area contributed by atoms with E-state index in [0.717, 1.165) is 18.4 Å². The van der Waals surface area contributed by atoms with Crippen LogP contribution in [0.3, 0.4) is 0 Å². The van der Waals surface area contributed by atoms with E-state index in [-0.39, 0.29) is 23.6 Å². The molecule has 0 spiro atoms. The second-order valence-corrected chi connectivity index (χ2v) is 4.38. The van der Waals surface area contributed by atoms with Gasteiger partial charge in [-0.1, -0.05) is 30.3 Å². The number of carbonyl (C=O) groups is 2. The minimum Gasteiger partial charge on any atom is -0.469 e. The molecule has 17 heavy (non-hydrogen) atoms. The van der Waals surface area contributed by atoms with E-state index in [1.54, 1.807) is 0 Å². The van der Waals surface area contributed by atoms with E-state index in [1.165, 1.54) is 7.11 Å². The molecule has 3 nitrogen and oxygen atoms in total. The molecule has 90 valence electrons. The highest BCUT2D eigenvalue weighted by atomic mass is 16.5. The third-order valence-corrected chi connectivity index (χ3v) is 3.35. The summed E-state index contributed by atoms with van der Waals surface area (Å²) >= 11 is 0. The van der Waals surface area contributed by atoms with Gasteiger partial charge in [-0.15, -0.1) is 0 Å². The minimum atomic E-state index is -0.322. The van der Waals surface area contributed by atoms with Crippen molar-refractivity contribution in [2.24, 2.45) is 5.92 Å². The van der Waals surface area contributed by atoms with Crippen LogP contribution in [-0.2, 0) is 14.3 Å². The van der Waals surface area contributed by atoms with E-state index < -0.39 is 0 Å². The van der Waals surface area contributed by atoms with Crippen LogP contribution in [0.4, 0.5) is 0 Å². The summed E-state index contributed by atoms with van der Waals surface area (Å²) in [6, 6.07) is 9.51. The lowest BCUT2D eigenvalue weighted by molar-refractivity contribution is -0.149. The molecule has 0 heterocycles. The van der Waals surface area contributed by atoms with Crippen molar-refractivity contribution in [1.29, 1.82) is 0 Å². The Hall–Kier alpha value is -1.64. The van der Waals surface area contributed by atoms with Gasteiger partial charge >= 0.3 is 5.97 Å². The SMILES string of the molecule is COC(=O)[C@H]1CCCC(=O)[C@@H]1c1ccccc1. The van der Waals surface area contributed by atoms with Crippen molar-refractivity contribution in [3.8, 4) is 0 Å². The normalized spacial score (nSPS) is 24.4. The Kier molecular flexibility index (Phi) is 3.57. The number of carbonyl (C=O) groups excluding carboxylic acids is 2. The molecule has 0 bridgehead atoms. The number of hydrogen-bond acceptors (Lipinski definition) is 3. The average molecular weight is 232 g/mol. The number of esters is 1. The molecule has 0 saturated heterocycles. The van der Waals surface area contributed by atoms with E-state index in [0.29, 0.717) is 6.42 Å². The van der Waals surface area contributed by atoms with Crippen LogP contribution in [0.5, 0.6) is 0 Å². The summed E-state index contributed by atoms with van der Waals surface area (Å²) < 4.78 is 4.80. The fraction of sp³-hybridized carbons (Fsp3) is 0.429. The van der Waals surface area contributed by atoms with E-state index in [1.807, 2.05) is 30.3 Å². The highest BCUT2D eigenvalue weighted by Gasteiger charge is 2.37. The van der Waals surface area contributed by atoms with Crippen LogP contribution >= 0.6 is 0 Å². The van der Waals surface area contributed by atoms with Gasteiger partial charge in [-0.2, -0.15) is 0 Å². The molecule has 0 amide bonds. The maximum absolute atomic E-state index is 12.0. The number of methoxy groups -OCH3 is 1. The van der Waals surface area contributed by atoms with Gasteiger partial charge in [0.05, 0.1) is 18.9 Å². The Bertz CT molecular complexity index is 411. The molecule has 1 aromatic carbocycles. The lowest BCUT2D eigenvalue weighted by Crippen LogP contribution is -2.32. The number of benzene rings is 1. The number of ether oxygens (including phenoxy) is 1. The zero-order chi connectivity index (χ0) is 12.3. The predicted octanol–water partition coefficient (Wildman–Crippen LogP) is 2.31. The van der Waals surface area contributed by atoms with Gasteiger partial charge in [0.1, 0.15) is 5.78 Å². The standard InChI is InChI=1S/C14H16O3/c1-17-14(16)11-8-5-9-12(15)13(11)10-6-3-2-4-7-10/h2-4,6-7,11,13H,5,8-9H2,1H3/t11-,13+/m0/s1. The van der Waals surface area contributed by atoms with Gasteiger partial charge in [0.25, 0.3) is 0 Å². The van der Waals surface area contributed by atoms with Crippen molar-refractivity contribution in [3.63, 3.8) is 0 Å². The Morgan fingerprint density at radius 2 is 2.00 bits per heavy atom. The summed E-state index contributed by atoms with van der Waals surface area (Å²) in [6.45, 7) is 0. The first-order valence-corrected chi connectivity index (χ1v) is 5.89. The minimum absolute atomic E-state index is 0.151. The van der Waals surface area contributed by atoms with Crippen molar-refractivity contribution >= 4 is 11.8 Å². The van der Waals surface area contributed by atoms with Gasteiger partial charge in [0, 0.05) is 6.42 Å². The third kappa shape index (κ3) is 2.38. The van der Waals surface area contributed by atoms with Crippen molar-refractivity contribution in [2.45, 2.75) is 25.2 Å². The van der Waals surface area contributed by atoms with Gasteiger partial charge in [0.2, 0.25) is 0 Å². The van der Waals surface area contributed by atoms with Crippen LogP contribution in [-0.4, -0.2) is 18.9 Å². The maximum atomic E-state index is 12.0. The molecule has 0 aliphatic heterocycles. The molecule has 1 fully saturated rings. The Balaban J connectivity index is 2.31. The Morgan fingerprint density at radius 1 is 1.29 bits per heavy atom. The second-order valence-electron chi connectivity index (χ2n) is 4.38. The quantitative estimate of drug-likeness (QED) is 0.735. The maximum Gasteiger partial charge on any atom is 0.309 e. The summed E-state index contributed by atoms with van der Waals surface area (Å²) in [7, 11) is 1.38. The monoisotopic (exact) mass is 232 g/mol. The van der Waals surface area contributed by atoms with E-state index >= 15 is 0 Å². The van der Waals surface area contributed by atoms with E-state index in [4.69, 9.17) is 4.74 Å². The molecular formula is C14H16O3. The smallest absolute Gasteiger partial charge is 0.309 e. The number of ketones is 1. The molecule has 2 atom stereocenters. The summed E-state index contributed by atoms with van der Waals surface area (Å²) in [5.41, 5.74) is 0.924. The summed E-state index contributed by atoms with van der Waals surface area (Å²) in [5, 5.41) is 0. The van der Waals surface area contributed by atoms with Crippen LogP contribution in [0.2, 0.25) is 0 Å². The molecule has 3 heteroatoms. The van der Waals surface area contributed by atoms with Crippen LogP contribution in [0.1, 0.15) is 30.7 Å². The fourth-order valence-corrected chi connectivity index (χ4v) is 2.53. The first kappa shape index (κ1) is 11.8. The van der Waals surface area contributed by atoms with Gasteiger partial charge in [-0.05, 0) is 18.4 Å². The molecule has 0 radical (unpaired) electrons. The van der Waals surface area contributed by atoms with Gasteiger partial charge in [0.15, 0.2) is 0 Å². The zero-order valence-electron chi connectivity index (χ0n) is 9.89. The van der Waals surface area contributed by atoms with Gasteiger partial charge in [-0.25, -0.2) is 0 Å². The van der Waals surface area contributed by atoms with Crippen LogP contribution in [0, 0.1) is 5.92 Å². The van der Waals surface area contributed by atoms with Crippen molar-refractivity contribution in [3.05, 3.63) is 35.9 Å². The highest BCUT2D eigenvalue weighted by Crippen LogP contribution is 2.35. The topological polar surface area (TPSA) is 43.4 Å². The number of hydrogen-bond donors (Lipinski definition) is 0.